The Morgan fingerprint density at radius 2 is 1.90 bits per heavy atom. The molecule has 0 spiro atoms. The van der Waals surface area contributed by atoms with Crippen molar-refractivity contribution < 1.29 is 4.39 Å². The minimum Gasteiger partial charge on any atom is -0.370 e. The molecule has 2 N–H and O–H groups in total. The van der Waals surface area contributed by atoms with E-state index in [0.717, 1.165) is 25.1 Å². The van der Waals surface area contributed by atoms with Gasteiger partial charge in [0.2, 0.25) is 0 Å². The second kappa shape index (κ2) is 6.74. The minimum absolute atomic E-state index is 0. The van der Waals surface area contributed by atoms with Crippen molar-refractivity contribution in [3.05, 3.63) is 35.6 Å². The Bertz CT molecular complexity index is 486. The van der Waals surface area contributed by atoms with E-state index in [9.17, 15) is 4.39 Å². The van der Waals surface area contributed by atoms with Crippen LogP contribution in [0.5, 0.6) is 0 Å². The first-order valence-electron chi connectivity index (χ1n) is 7.08. The van der Waals surface area contributed by atoms with Gasteiger partial charge in [-0.2, -0.15) is 0 Å². The van der Waals surface area contributed by atoms with Crippen LogP contribution in [0.2, 0.25) is 0 Å². The van der Waals surface area contributed by atoms with Crippen molar-refractivity contribution in [2.24, 2.45) is 10.7 Å². The van der Waals surface area contributed by atoms with Crippen LogP contribution < -0.4 is 5.73 Å². The largest absolute Gasteiger partial charge is 0.370 e. The van der Waals surface area contributed by atoms with Crippen LogP contribution in [-0.4, -0.2) is 30.0 Å². The summed E-state index contributed by atoms with van der Waals surface area (Å²) in [4.78, 5) is 6.72. The zero-order valence-corrected chi connectivity index (χ0v) is 13.8. The molecule has 110 valence electrons. The number of rotatable bonds is 2. The van der Waals surface area contributed by atoms with Crippen LogP contribution >= 0.6 is 24.0 Å². The molecule has 1 saturated carbocycles. The molecule has 1 aliphatic heterocycles. The second-order valence-electron chi connectivity index (χ2n) is 5.47. The summed E-state index contributed by atoms with van der Waals surface area (Å²) in [6.07, 6.45) is 4.58. The number of likely N-dealkylation sites (tertiary alicyclic amines) is 1. The Balaban J connectivity index is 0.00000147. The molecule has 2 aliphatic rings. The SMILES string of the molecule is I.NC(=NC1CC1c1ccccc1F)N1CCCCC1. The molecule has 3 nitrogen and oxygen atoms in total. The van der Waals surface area contributed by atoms with Gasteiger partial charge in [-0.1, -0.05) is 18.2 Å². The smallest absolute Gasteiger partial charge is 0.191 e. The molecule has 2 unspecified atom stereocenters. The first-order chi connectivity index (χ1) is 9.25. The average molecular weight is 389 g/mol. The fraction of sp³-hybridized carbons (Fsp3) is 0.533. The number of nitrogens with zero attached hydrogens (tertiary/aromatic N) is 2. The van der Waals surface area contributed by atoms with Crippen LogP contribution in [0.3, 0.4) is 0 Å². The number of guanidine groups is 1. The van der Waals surface area contributed by atoms with E-state index in [2.05, 4.69) is 9.89 Å². The highest BCUT2D eigenvalue weighted by Crippen LogP contribution is 2.44. The van der Waals surface area contributed by atoms with Gasteiger partial charge in [0.15, 0.2) is 5.96 Å². The number of hydrogen-bond acceptors (Lipinski definition) is 1. The van der Waals surface area contributed by atoms with Crippen molar-refractivity contribution in [3.63, 3.8) is 0 Å². The summed E-state index contributed by atoms with van der Waals surface area (Å²) in [5.41, 5.74) is 6.83. The monoisotopic (exact) mass is 389 g/mol. The fourth-order valence-electron chi connectivity index (χ4n) is 2.81. The molecule has 1 saturated heterocycles. The number of nitrogens with two attached hydrogens (primary N) is 1. The van der Waals surface area contributed by atoms with E-state index in [1.54, 1.807) is 6.07 Å². The van der Waals surface area contributed by atoms with E-state index in [0.29, 0.717) is 5.96 Å². The second-order valence-corrected chi connectivity index (χ2v) is 5.47. The lowest BCUT2D eigenvalue weighted by Crippen LogP contribution is -2.41. The minimum atomic E-state index is -0.123. The Hall–Kier alpha value is -0.850. The summed E-state index contributed by atoms with van der Waals surface area (Å²) in [6.45, 7) is 2.01. The lowest BCUT2D eigenvalue weighted by atomic mass is 10.1. The molecular formula is C15H21FIN3. The fourth-order valence-corrected chi connectivity index (χ4v) is 2.81. The summed E-state index contributed by atoms with van der Waals surface area (Å²) in [5.74, 6) is 0.731. The van der Waals surface area contributed by atoms with E-state index >= 15 is 0 Å². The van der Waals surface area contributed by atoms with Crippen molar-refractivity contribution in [2.45, 2.75) is 37.6 Å². The van der Waals surface area contributed by atoms with Crippen LogP contribution in [0.1, 0.15) is 37.2 Å². The molecule has 1 heterocycles. The molecule has 1 aromatic rings. The normalized spacial score (nSPS) is 26.1. The number of hydrogen-bond donors (Lipinski definition) is 1. The predicted molar refractivity (Wildman–Crippen MR) is 90.0 cm³/mol. The third-order valence-electron chi connectivity index (χ3n) is 4.04. The number of benzene rings is 1. The highest BCUT2D eigenvalue weighted by molar-refractivity contribution is 14.0. The van der Waals surface area contributed by atoms with Gasteiger partial charge in [-0.05, 0) is 37.3 Å². The molecule has 5 heteroatoms. The van der Waals surface area contributed by atoms with Gasteiger partial charge in [0, 0.05) is 19.0 Å². The average Bonchev–Trinajstić information content (AvgIpc) is 3.19. The third kappa shape index (κ3) is 3.42. The Morgan fingerprint density at radius 1 is 1.20 bits per heavy atom. The van der Waals surface area contributed by atoms with Gasteiger partial charge in [-0.15, -0.1) is 24.0 Å². The maximum atomic E-state index is 13.7. The van der Waals surface area contributed by atoms with Crippen molar-refractivity contribution >= 4 is 29.9 Å². The number of halogens is 2. The molecule has 2 fully saturated rings. The standard InChI is InChI=1S/C15H20FN3.HI/c16-13-7-3-2-6-11(13)12-10-14(12)18-15(17)19-8-4-1-5-9-19;/h2-3,6-7,12,14H,1,4-5,8-10H2,(H2,17,18);1H. The maximum Gasteiger partial charge on any atom is 0.191 e. The van der Waals surface area contributed by atoms with E-state index in [-0.39, 0.29) is 41.8 Å². The summed E-state index contributed by atoms with van der Waals surface area (Å²) in [7, 11) is 0. The van der Waals surface area contributed by atoms with E-state index in [1.807, 2.05) is 12.1 Å². The topological polar surface area (TPSA) is 41.6 Å². The lowest BCUT2D eigenvalue weighted by Gasteiger charge is -2.27. The van der Waals surface area contributed by atoms with Gasteiger partial charge in [0.05, 0.1) is 6.04 Å². The molecule has 3 rings (SSSR count). The van der Waals surface area contributed by atoms with Crippen LogP contribution in [-0.2, 0) is 0 Å². The zero-order valence-electron chi connectivity index (χ0n) is 11.5. The van der Waals surface area contributed by atoms with Crippen molar-refractivity contribution in [2.75, 3.05) is 13.1 Å². The highest BCUT2D eigenvalue weighted by atomic mass is 127. The third-order valence-corrected chi connectivity index (χ3v) is 4.04. The number of piperidine rings is 1. The van der Waals surface area contributed by atoms with E-state index in [1.165, 1.54) is 25.3 Å². The Morgan fingerprint density at radius 3 is 2.60 bits per heavy atom. The van der Waals surface area contributed by atoms with Crippen LogP contribution in [0, 0.1) is 5.82 Å². The zero-order chi connectivity index (χ0) is 13.2. The first kappa shape index (κ1) is 15.5. The molecule has 20 heavy (non-hydrogen) atoms. The van der Waals surface area contributed by atoms with Gasteiger partial charge in [-0.3, -0.25) is 0 Å². The molecule has 2 atom stereocenters. The van der Waals surface area contributed by atoms with Crippen molar-refractivity contribution in [3.8, 4) is 0 Å². The molecule has 0 aromatic heterocycles. The Labute approximate surface area is 136 Å². The molecule has 0 radical (unpaired) electrons. The van der Waals surface area contributed by atoms with Crippen LogP contribution in [0.4, 0.5) is 4.39 Å². The summed E-state index contributed by atoms with van der Waals surface area (Å²) in [5, 5.41) is 0. The van der Waals surface area contributed by atoms with Crippen LogP contribution in [0.15, 0.2) is 29.3 Å². The van der Waals surface area contributed by atoms with Crippen LogP contribution in [0.25, 0.3) is 0 Å². The summed E-state index contributed by atoms with van der Waals surface area (Å²) >= 11 is 0. The molecule has 0 amide bonds. The van der Waals surface area contributed by atoms with Gasteiger partial charge in [0.1, 0.15) is 5.82 Å². The van der Waals surface area contributed by atoms with Gasteiger partial charge in [-0.25, -0.2) is 9.38 Å². The lowest BCUT2D eigenvalue weighted by molar-refractivity contribution is 0.338. The first-order valence-corrected chi connectivity index (χ1v) is 7.08. The van der Waals surface area contributed by atoms with Gasteiger partial charge >= 0.3 is 0 Å². The van der Waals surface area contributed by atoms with Gasteiger partial charge in [0.25, 0.3) is 0 Å². The highest BCUT2D eigenvalue weighted by Gasteiger charge is 2.40. The maximum absolute atomic E-state index is 13.7. The summed E-state index contributed by atoms with van der Waals surface area (Å²) in [6, 6.07) is 7.14. The summed E-state index contributed by atoms with van der Waals surface area (Å²) < 4.78 is 13.7. The predicted octanol–water partition coefficient (Wildman–Crippen LogP) is 3.10. The Kier molecular flexibility index (Phi) is 5.23. The van der Waals surface area contributed by atoms with Gasteiger partial charge < -0.3 is 10.6 Å². The molecular weight excluding hydrogens is 368 g/mol. The van der Waals surface area contributed by atoms with Crippen molar-refractivity contribution in [1.82, 2.24) is 4.90 Å². The van der Waals surface area contributed by atoms with E-state index < -0.39 is 0 Å². The van der Waals surface area contributed by atoms with E-state index in [4.69, 9.17) is 5.73 Å². The molecule has 1 aromatic carbocycles. The molecule has 1 aliphatic carbocycles. The van der Waals surface area contributed by atoms with Crippen molar-refractivity contribution in [1.29, 1.82) is 0 Å². The quantitative estimate of drug-likeness (QED) is 0.480. The number of aliphatic imine (C=N–C) groups is 1. The molecule has 0 bridgehead atoms.